The molecule has 0 aliphatic heterocycles. The van der Waals surface area contributed by atoms with Crippen molar-refractivity contribution in [2.24, 2.45) is 0 Å². The van der Waals surface area contributed by atoms with Crippen molar-refractivity contribution in [1.82, 2.24) is 4.72 Å². The molecule has 1 saturated carbocycles. The lowest BCUT2D eigenvalue weighted by Crippen LogP contribution is -2.42. The van der Waals surface area contributed by atoms with E-state index in [1.165, 1.54) is 18.8 Å². The minimum atomic E-state index is -3.38. The van der Waals surface area contributed by atoms with Gasteiger partial charge in [0.15, 0.2) is 5.60 Å². The van der Waals surface area contributed by atoms with E-state index in [0.29, 0.717) is 18.4 Å². The van der Waals surface area contributed by atoms with Gasteiger partial charge in [0.2, 0.25) is 10.0 Å². The third kappa shape index (κ3) is 2.39. The molecule has 0 saturated heterocycles. The maximum absolute atomic E-state index is 11.9. The van der Waals surface area contributed by atoms with E-state index < -0.39 is 15.6 Å². The van der Waals surface area contributed by atoms with Crippen molar-refractivity contribution in [3.8, 4) is 0 Å². The number of sulfonamides is 1. The molecule has 1 aliphatic rings. The van der Waals surface area contributed by atoms with E-state index in [0.717, 1.165) is 0 Å². The maximum atomic E-state index is 11.9. The standard InChI is InChI=1S/C13H15NO5S/c15-13(10-5-7-18-8-10,12-2-1-6-19-12)9-14-20(16,17)11-3-4-11/h1-2,5-8,11,14-15H,3-4,9H2/t13-/m0/s1. The van der Waals surface area contributed by atoms with Gasteiger partial charge in [-0.05, 0) is 31.0 Å². The monoisotopic (exact) mass is 297 g/mol. The van der Waals surface area contributed by atoms with E-state index >= 15 is 0 Å². The predicted octanol–water partition coefficient (Wildman–Crippen LogP) is 1.19. The molecule has 0 amide bonds. The van der Waals surface area contributed by atoms with Crippen molar-refractivity contribution in [2.45, 2.75) is 23.7 Å². The van der Waals surface area contributed by atoms with Gasteiger partial charge in [-0.15, -0.1) is 0 Å². The van der Waals surface area contributed by atoms with Crippen LogP contribution in [0.3, 0.4) is 0 Å². The van der Waals surface area contributed by atoms with E-state index in [1.54, 1.807) is 18.2 Å². The van der Waals surface area contributed by atoms with E-state index in [9.17, 15) is 13.5 Å². The second-order valence-corrected chi connectivity index (χ2v) is 6.96. The first kappa shape index (κ1) is 13.4. The number of nitrogens with one attached hydrogen (secondary N) is 1. The van der Waals surface area contributed by atoms with Crippen LogP contribution in [0, 0.1) is 0 Å². The first-order valence-corrected chi connectivity index (χ1v) is 7.84. The van der Waals surface area contributed by atoms with Gasteiger partial charge in [-0.2, -0.15) is 0 Å². The molecule has 2 N–H and O–H groups in total. The number of aliphatic hydroxyl groups is 1. The molecule has 1 aliphatic carbocycles. The highest BCUT2D eigenvalue weighted by atomic mass is 32.2. The van der Waals surface area contributed by atoms with Gasteiger partial charge in [-0.25, -0.2) is 13.1 Å². The Balaban J connectivity index is 1.87. The van der Waals surface area contributed by atoms with Gasteiger partial charge in [-0.3, -0.25) is 0 Å². The minimum Gasteiger partial charge on any atom is -0.472 e. The Labute approximate surface area is 116 Å². The molecule has 0 unspecified atom stereocenters. The molecule has 3 rings (SSSR count). The topological polar surface area (TPSA) is 92.7 Å². The molecule has 2 heterocycles. The van der Waals surface area contributed by atoms with E-state index in [2.05, 4.69) is 4.72 Å². The molecule has 20 heavy (non-hydrogen) atoms. The lowest BCUT2D eigenvalue weighted by molar-refractivity contribution is 0.0613. The smallest absolute Gasteiger partial charge is 0.214 e. The van der Waals surface area contributed by atoms with Crippen LogP contribution < -0.4 is 4.72 Å². The van der Waals surface area contributed by atoms with Gasteiger partial charge in [0.1, 0.15) is 5.76 Å². The normalized spacial score (nSPS) is 18.9. The average molecular weight is 297 g/mol. The molecule has 0 bridgehead atoms. The van der Waals surface area contributed by atoms with Gasteiger partial charge >= 0.3 is 0 Å². The molecule has 0 radical (unpaired) electrons. The fraction of sp³-hybridized carbons (Fsp3) is 0.385. The summed E-state index contributed by atoms with van der Waals surface area (Å²) in [7, 11) is -3.38. The SMILES string of the molecule is O=S(=O)(NC[C@](O)(c1ccoc1)c1ccco1)C1CC1. The van der Waals surface area contributed by atoms with Gasteiger partial charge in [0.25, 0.3) is 0 Å². The fourth-order valence-electron chi connectivity index (χ4n) is 2.05. The molecule has 1 atom stereocenters. The lowest BCUT2D eigenvalue weighted by atomic mass is 9.94. The number of rotatable bonds is 6. The Kier molecular flexibility index (Phi) is 3.19. The molecule has 2 aromatic heterocycles. The third-order valence-electron chi connectivity index (χ3n) is 3.42. The van der Waals surface area contributed by atoms with E-state index in [4.69, 9.17) is 8.83 Å². The third-order valence-corrected chi connectivity index (χ3v) is 5.32. The number of hydrogen-bond donors (Lipinski definition) is 2. The summed E-state index contributed by atoms with van der Waals surface area (Å²) >= 11 is 0. The second kappa shape index (κ2) is 4.76. The Morgan fingerprint density at radius 1 is 1.35 bits per heavy atom. The molecule has 1 fully saturated rings. The van der Waals surface area contributed by atoms with Crippen molar-refractivity contribution in [2.75, 3.05) is 6.54 Å². The average Bonchev–Trinajstić information content (AvgIpc) is 2.96. The van der Waals surface area contributed by atoms with Crippen LogP contribution >= 0.6 is 0 Å². The van der Waals surface area contributed by atoms with Crippen molar-refractivity contribution in [3.05, 3.63) is 48.3 Å². The Morgan fingerprint density at radius 2 is 2.15 bits per heavy atom. The Bertz CT molecular complexity index is 621. The quantitative estimate of drug-likeness (QED) is 0.835. The molecule has 0 aromatic carbocycles. The molecule has 0 spiro atoms. The van der Waals surface area contributed by atoms with Crippen molar-refractivity contribution < 1.29 is 22.4 Å². The summed E-state index contributed by atoms with van der Waals surface area (Å²) in [5, 5.41) is 10.5. The largest absolute Gasteiger partial charge is 0.472 e. The molecule has 6 nitrogen and oxygen atoms in total. The van der Waals surface area contributed by atoms with Crippen LogP contribution in [0.5, 0.6) is 0 Å². The fourth-order valence-corrected chi connectivity index (χ4v) is 3.45. The summed E-state index contributed by atoms with van der Waals surface area (Å²) in [6.07, 6.45) is 5.54. The molecular weight excluding hydrogens is 282 g/mol. The predicted molar refractivity (Wildman–Crippen MR) is 70.4 cm³/mol. The summed E-state index contributed by atoms with van der Waals surface area (Å²) in [5.74, 6) is 0.261. The van der Waals surface area contributed by atoms with Crippen molar-refractivity contribution >= 4 is 10.0 Å². The van der Waals surface area contributed by atoms with Crippen LogP contribution in [-0.4, -0.2) is 25.3 Å². The van der Waals surface area contributed by atoms with Crippen LogP contribution in [0.15, 0.2) is 45.8 Å². The summed E-state index contributed by atoms with van der Waals surface area (Å²) in [6.45, 7) is -0.196. The second-order valence-electron chi connectivity index (χ2n) is 4.92. The summed E-state index contributed by atoms with van der Waals surface area (Å²) < 4.78 is 36.5. The Morgan fingerprint density at radius 3 is 2.70 bits per heavy atom. The molecule has 2 aromatic rings. The number of furan rings is 2. The highest BCUT2D eigenvalue weighted by Crippen LogP contribution is 2.32. The van der Waals surface area contributed by atoms with E-state index in [-0.39, 0.29) is 17.6 Å². The minimum absolute atomic E-state index is 0.196. The van der Waals surface area contributed by atoms with Crippen LogP contribution in [-0.2, 0) is 15.6 Å². The summed E-state index contributed by atoms with van der Waals surface area (Å²) in [4.78, 5) is 0. The van der Waals surface area contributed by atoms with Crippen LogP contribution in [0.4, 0.5) is 0 Å². The maximum Gasteiger partial charge on any atom is 0.214 e. The molecule has 7 heteroatoms. The highest BCUT2D eigenvalue weighted by molar-refractivity contribution is 7.90. The lowest BCUT2D eigenvalue weighted by Gasteiger charge is -2.25. The van der Waals surface area contributed by atoms with Crippen molar-refractivity contribution in [3.63, 3.8) is 0 Å². The van der Waals surface area contributed by atoms with Gasteiger partial charge in [-0.1, -0.05) is 0 Å². The van der Waals surface area contributed by atoms with Crippen molar-refractivity contribution in [1.29, 1.82) is 0 Å². The highest BCUT2D eigenvalue weighted by Gasteiger charge is 2.40. The zero-order valence-corrected chi connectivity index (χ0v) is 11.5. The Hall–Kier alpha value is -1.57. The van der Waals surface area contributed by atoms with Gasteiger partial charge in [0.05, 0.1) is 30.6 Å². The summed E-state index contributed by atoms with van der Waals surface area (Å²) in [5.41, 5.74) is -1.15. The van der Waals surface area contributed by atoms with Gasteiger partial charge < -0.3 is 13.9 Å². The molecule has 108 valence electrons. The summed E-state index contributed by atoms with van der Waals surface area (Å²) in [6, 6.07) is 4.81. The zero-order valence-electron chi connectivity index (χ0n) is 10.7. The zero-order chi connectivity index (χ0) is 14.2. The molecular formula is C13H15NO5S. The first-order chi connectivity index (χ1) is 9.52. The van der Waals surface area contributed by atoms with E-state index in [1.807, 2.05) is 0 Å². The van der Waals surface area contributed by atoms with Crippen LogP contribution in [0.1, 0.15) is 24.2 Å². The first-order valence-electron chi connectivity index (χ1n) is 6.30. The number of hydrogen-bond acceptors (Lipinski definition) is 5. The van der Waals surface area contributed by atoms with Gasteiger partial charge in [0, 0.05) is 5.56 Å². The van der Waals surface area contributed by atoms with Crippen LogP contribution in [0.25, 0.3) is 0 Å². The van der Waals surface area contributed by atoms with Crippen LogP contribution in [0.2, 0.25) is 0 Å².